The van der Waals surface area contributed by atoms with E-state index in [4.69, 9.17) is 15.9 Å². The average Bonchev–Trinajstić information content (AvgIpc) is 2.68. The number of terminal acetylenes is 1. The van der Waals surface area contributed by atoms with Gasteiger partial charge < -0.3 is 14.6 Å². The number of benzene rings is 2. The molecule has 0 spiro atoms. The van der Waals surface area contributed by atoms with Crippen molar-refractivity contribution in [3.8, 4) is 12.3 Å². The largest absolute Gasteiger partial charge is 0.391 e. The van der Waals surface area contributed by atoms with Crippen LogP contribution >= 0.6 is 0 Å². The van der Waals surface area contributed by atoms with E-state index in [-0.39, 0.29) is 12.2 Å². The Hall–Kier alpha value is -2.12. The Morgan fingerprint density at radius 2 is 1.46 bits per heavy atom. The zero-order chi connectivity index (χ0) is 18.6. The highest BCUT2D eigenvalue weighted by Crippen LogP contribution is 2.18. The highest BCUT2D eigenvalue weighted by atomic mass is 16.5. The SMILES string of the molecule is C#CCC[C@H](C[C@H](OCc1ccccc1)[C@@H](C)O)OCc1ccccc1. The van der Waals surface area contributed by atoms with Crippen molar-refractivity contribution < 1.29 is 14.6 Å². The first-order valence-corrected chi connectivity index (χ1v) is 9.11. The molecule has 0 saturated carbocycles. The van der Waals surface area contributed by atoms with E-state index in [0.717, 1.165) is 17.5 Å². The van der Waals surface area contributed by atoms with Crippen LogP contribution in [0.1, 0.15) is 37.3 Å². The molecule has 2 aromatic carbocycles. The van der Waals surface area contributed by atoms with Crippen molar-refractivity contribution in [1.29, 1.82) is 0 Å². The minimum Gasteiger partial charge on any atom is -0.391 e. The van der Waals surface area contributed by atoms with Crippen molar-refractivity contribution in [2.24, 2.45) is 0 Å². The summed E-state index contributed by atoms with van der Waals surface area (Å²) in [4.78, 5) is 0. The van der Waals surface area contributed by atoms with Crippen LogP contribution in [-0.2, 0) is 22.7 Å². The van der Waals surface area contributed by atoms with Gasteiger partial charge in [-0.25, -0.2) is 0 Å². The highest BCUT2D eigenvalue weighted by Gasteiger charge is 2.22. The molecule has 2 aromatic rings. The van der Waals surface area contributed by atoms with Crippen molar-refractivity contribution in [1.82, 2.24) is 0 Å². The molecule has 1 N–H and O–H groups in total. The van der Waals surface area contributed by atoms with Crippen molar-refractivity contribution in [2.45, 2.75) is 57.7 Å². The van der Waals surface area contributed by atoms with Crippen LogP contribution < -0.4 is 0 Å². The predicted octanol–water partition coefficient (Wildman–Crippen LogP) is 4.34. The molecular weight excluding hydrogens is 324 g/mol. The zero-order valence-electron chi connectivity index (χ0n) is 15.4. The van der Waals surface area contributed by atoms with E-state index in [0.29, 0.717) is 26.1 Å². The monoisotopic (exact) mass is 352 g/mol. The van der Waals surface area contributed by atoms with Crippen LogP contribution in [0.25, 0.3) is 0 Å². The Bertz CT molecular complexity index is 646. The first-order valence-electron chi connectivity index (χ1n) is 9.11. The van der Waals surface area contributed by atoms with Crippen LogP contribution in [-0.4, -0.2) is 23.4 Å². The zero-order valence-corrected chi connectivity index (χ0v) is 15.4. The maximum Gasteiger partial charge on any atom is 0.0860 e. The average molecular weight is 352 g/mol. The van der Waals surface area contributed by atoms with Gasteiger partial charge in [0.2, 0.25) is 0 Å². The molecule has 26 heavy (non-hydrogen) atoms. The van der Waals surface area contributed by atoms with E-state index in [1.54, 1.807) is 6.92 Å². The van der Waals surface area contributed by atoms with E-state index in [2.05, 4.69) is 5.92 Å². The first kappa shape index (κ1) is 20.2. The second-order valence-electron chi connectivity index (χ2n) is 6.47. The summed E-state index contributed by atoms with van der Waals surface area (Å²) in [6.07, 6.45) is 6.50. The smallest absolute Gasteiger partial charge is 0.0860 e. The van der Waals surface area contributed by atoms with Gasteiger partial charge in [0.05, 0.1) is 31.5 Å². The molecule has 0 aromatic heterocycles. The third-order valence-corrected chi connectivity index (χ3v) is 4.28. The standard InChI is InChI=1S/C23H28O3/c1-3-4-15-22(25-17-20-11-7-5-8-12-20)16-23(19(2)24)26-18-21-13-9-6-10-14-21/h1,5-14,19,22-24H,4,15-18H2,2H3/t19-,22-,23+/m1/s1. The van der Waals surface area contributed by atoms with Crippen LogP contribution in [0.4, 0.5) is 0 Å². The second-order valence-corrected chi connectivity index (χ2v) is 6.47. The van der Waals surface area contributed by atoms with Gasteiger partial charge in [0.25, 0.3) is 0 Å². The van der Waals surface area contributed by atoms with E-state index >= 15 is 0 Å². The summed E-state index contributed by atoms with van der Waals surface area (Å²) in [6, 6.07) is 20.0. The number of rotatable bonds is 11. The molecular formula is C23H28O3. The molecule has 138 valence electrons. The summed E-state index contributed by atoms with van der Waals surface area (Å²) >= 11 is 0. The number of hydrogen-bond donors (Lipinski definition) is 1. The molecule has 0 radical (unpaired) electrons. The summed E-state index contributed by atoms with van der Waals surface area (Å²) < 4.78 is 12.0. The molecule has 0 bridgehead atoms. The Balaban J connectivity index is 1.92. The molecule has 0 fully saturated rings. The van der Waals surface area contributed by atoms with Gasteiger partial charge in [0.15, 0.2) is 0 Å². The fraction of sp³-hybridized carbons (Fsp3) is 0.391. The number of aliphatic hydroxyl groups is 1. The summed E-state index contributed by atoms with van der Waals surface area (Å²) in [5, 5.41) is 10.1. The van der Waals surface area contributed by atoms with Gasteiger partial charge in [-0.1, -0.05) is 60.7 Å². The van der Waals surface area contributed by atoms with Crippen molar-refractivity contribution in [3.05, 3.63) is 71.8 Å². The molecule has 0 aliphatic heterocycles. The lowest BCUT2D eigenvalue weighted by Gasteiger charge is -2.26. The van der Waals surface area contributed by atoms with Crippen molar-refractivity contribution >= 4 is 0 Å². The van der Waals surface area contributed by atoms with E-state index < -0.39 is 6.10 Å². The lowest BCUT2D eigenvalue weighted by molar-refractivity contribution is -0.0767. The molecule has 0 unspecified atom stereocenters. The van der Waals surface area contributed by atoms with Gasteiger partial charge in [-0.15, -0.1) is 12.3 Å². The number of ether oxygens (including phenoxy) is 2. The van der Waals surface area contributed by atoms with Crippen molar-refractivity contribution in [2.75, 3.05) is 0 Å². The fourth-order valence-electron chi connectivity index (χ4n) is 2.74. The molecule has 3 heteroatoms. The lowest BCUT2D eigenvalue weighted by Crippen LogP contribution is -2.31. The van der Waals surface area contributed by atoms with Crippen LogP contribution in [0.3, 0.4) is 0 Å². The first-order chi connectivity index (χ1) is 12.7. The molecule has 0 saturated heterocycles. The molecule has 0 amide bonds. The van der Waals surface area contributed by atoms with Gasteiger partial charge in [-0.05, 0) is 24.5 Å². The second kappa shape index (κ2) is 11.5. The van der Waals surface area contributed by atoms with Crippen LogP contribution in [0, 0.1) is 12.3 Å². The molecule has 0 heterocycles. The van der Waals surface area contributed by atoms with Crippen LogP contribution in [0.15, 0.2) is 60.7 Å². The highest BCUT2D eigenvalue weighted by molar-refractivity contribution is 5.14. The Labute approximate surface area is 157 Å². The van der Waals surface area contributed by atoms with Gasteiger partial charge in [0, 0.05) is 12.8 Å². The quantitative estimate of drug-likeness (QED) is 0.611. The van der Waals surface area contributed by atoms with Crippen molar-refractivity contribution in [3.63, 3.8) is 0 Å². The van der Waals surface area contributed by atoms with E-state index in [9.17, 15) is 5.11 Å². The molecule has 0 aliphatic carbocycles. The molecule has 3 nitrogen and oxygen atoms in total. The summed E-state index contributed by atoms with van der Waals surface area (Å²) in [7, 11) is 0. The third-order valence-electron chi connectivity index (χ3n) is 4.28. The summed E-state index contributed by atoms with van der Waals surface area (Å²) in [6.45, 7) is 2.75. The lowest BCUT2D eigenvalue weighted by atomic mass is 10.0. The molecule has 0 aliphatic rings. The summed E-state index contributed by atoms with van der Waals surface area (Å²) in [5.41, 5.74) is 2.21. The number of hydrogen-bond acceptors (Lipinski definition) is 3. The summed E-state index contributed by atoms with van der Waals surface area (Å²) in [5.74, 6) is 2.67. The Morgan fingerprint density at radius 1 is 0.923 bits per heavy atom. The minimum atomic E-state index is -0.577. The third kappa shape index (κ3) is 7.41. The molecule has 3 atom stereocenters. The van der Waals surface area contributed by atoms with Gasteiger partial charge in [-0.3, -0.25) is 0 Å². The topological polar surface area (TPSA) is 38.7 Å². The molecule has 2 rings (SSSR count). The minimum absolute atomic E-state index is 0.0540. The normalized spacial score (nSPS) is 14.3. The number of aliphatic hydroxyl groups excluding tert-OH is 1. The Kier molecular flexibility index (Phi) is 8.92. The maximum absolute atomic E-state index is 10.1. The maximum atomic E-state index is 10.1. The van der Waals surface area contributed by atoms with Gasteiger partial charge in [-0.2, -0.15) is 0 Å². The van der Waals surface area contributed by atoms with E-state index in [1.807, 2.05) is 60.7 Å². The Morgan fingerprint density at radius 3 is 1.96 bits per heavy atom. The van der Waals surface area contributed by atoms with E-state index in [1.165, 1.54) is 0 Å². The fourth-order valence-corrected chi connectivity index (χ4v) is 2.74. The van der Waals surface area contributed by atoms with Crippen LogP contribution in [0.2, 0.25) is 0 Å². The van der Waals surface area contributed by atoms with Gasteiger partial charge in [0.1, 0.15) is 0 Å². The van der Waals surface area contributed by atoms with Crippen LogP contribution in [0.5, 0.6) is 0 Å². The van der Waals surface area contributed by atoms with Gasteiger partial charge >= 0.3 is 0 Å². The predicted molar refractivity (Wildman–Crippen MR) is 104 cm³/mol.